The maximum Gasteiger partial charge on any atom is 0.238 e. The van der Waals surface area contributed by atoms with Crippen LogP contribution >= 0.6 is 9.24 Å². The summed E-state index contributed by atoms with van der Waals surface area (Å²) in [7, 11) is 2.18. The number of rotatable bonds is 9. The Labute approximate surface area is 264 Å². The molecule has 0 spiro atoms. The summed E-state index contributed by atoms with van der Waals surface area (Å²) in [6.07, 6.45) is 10.3. The van der Waals surface area contributed by atoms with Gasteiger partial charge in [-0.1, -0.05) is 28.2 Å². The first-order valence-corrected chi connectivity index (χ1v) is 17.8. The van der Waals surface area contributed by atoms with Crippen molar-refractivity contribution in [3.8, 4) is 17.6 Å². The minimum atomic E-state index is -3.84. The van der Waals surface area contributed by atoms with Crippen LogP contribution in [0.3, 0.4) is 0 Å². The SMILES string of the molecule is COc1cc(S(N)(=O)=O)ccc1NCC#Cc1cc2c(n1CC(C)(F)P)=CCCC=2N(C)C1CCC(N2CCC(C)C2)CC1. The molecule has 1 aliphatic heterocycles. The molecule has 1 aromatic carbocycles. The number of fused-ring (bicyclic) bond motifs is 1. The lowest BCUT2D eigenvalue weighted by Crippen LogP contribution is -2.45. The molecule has 5 rings (SSSR count). The van der Waals surface area contributed by atoms with Gasteiger partial charge >= 0.3 is 0 Å². The van der Waals surface area contributed by atoms with E-state index in [0.717, 1.165) is 41.1 Å². The molecule has 3 unspecified atom stereocenters. The van der Waals surface area contributed by atoms with E-state index in [0.29, 0.717) is 17.5 Å². The zero-order valence-corrected chi connectivity index (χ0v) is 28.4. The number of nitrogens with zero attached hydrogens (tertiary/aromatic N) is 3. The summed E-state index contributed by atoms with van der Waals surface area (Å²) in [5.41, 5.74) is 2.70. The number of hydrogen-bond donors (Lipinski definition) is 2. The Balaban J connectivity index is 1.37. The molecule has 0 radical (unpaired) electrons. The summed E-state index contributed by atoms with van der Waals surface area (Å²) in [6, 6.07) is 7.77. The van der Waals surface area contributed by atoms with Crippen molar-refractivity contribution in [3.05, 3.63) is 40.5 Å². The van der Waals surface area contributed by atoms with Gasteiger partial charge in [-0.25, -0.2) is 17.9 Å². The molecule has 2 fully saturated rings. The topological polar surface area (TPSA) is 92.8 Å². The molecule has 44 heavy (non-hydrogen) atoms. The highest BCUT2D eigenvalue weighted by Gasteiger charge is 2.32. The molecule has 1 saturated carbocycles. The first kappa shape index (κ1) is 32.8. The number of nitrogens with two attached hydrogens (primary N) is 1. The van der Waals surface area contributed by atoms with Gasteiger partial charge in [0.1, 0.15) is 11.2 Å². The lowest BCUT2D eigenvalue weighted by atomic mass is 9.88. The number of alkyl halides is 1. The fraction of sp³-hybridized carbons (Fsp3) is 0.576. The second-order valence-electron chi connectivity index (χ2n) is 12.9. The molecule has 1 saturated heterocycles. The van der Waals surface area contributed by atoms with E-state index in [1.165, 1.54) is 70.1 Å². The van der Waals surface area contributed by atoms with E-state index < -0.39 is 15.4 Å². The second-order valence-corrected chi connectivity index (χ2v) is 15.7. The van der Waals surface area contributed by atoms with Crippen LogP contribution in [0.4, 0.5) is 10.1 Å². The molecule has 240 valence electrons. The summed E-state index contributed by atoms with van der Waals surface area (Å²) in [6.45, 7) is 6.90. The number of ether oxygens (including phenoxy) is 1. The van der Waals surface area contributed by atoms with Crippen molar-refractivity contribution >= 4 is 36.7 Å². The molecule has 2 aliphatic carbocycles. The maximum atomic E-state index is 15.0. The Morgan fingerprint density at radius 3 is 2.61 bits per heavy atom. The van der Waals surface area contributed by atoms with Crippen LogP contribution in [0.25, 0.3) is 11.8 Å². The molecule has 3 N–H and O–H groups in total. The van der Waals surface area contributed by atoms with Crippen molar-refractivity contribution in [1.29, 1.82) is 0 Å². The van der Waals surface area contributed by atoms with E-state index in [2.05, 4.69) is 62.3 Å². The van der Waals surface area contributed by atoms with Gasteiger partial charge in [-0.05, 0) is 88.5 Å². The molecule has 3 aliphatic rings. The van der Waals surface area contributed by atoms with Crippen molar-refractivity contribution in [2.75, 3.05) is 39.1 Å². The van der Waals surface area contributed by atoms with Gasteiger partial charge in [0.05, 0.1) is 36.5 Å². The number of anilines is 1. The number of aromatic nitrogens is 1. The highest BCUT2D eigenvalue weighted by molar-refractivity contribution is 7.89. The zero-order chi connectivity index (χ0) is 31.6. The van der Waals surface area contributed by atoms with Gasteiger partial charge in [0.2, 0.25) is 10.0 Å². The predicted molar refractivity (Wildman–Crippen MR) is 179 cm³/mol. The molecule has 2 aromatic rings. The van der Waals surface area contributed by atoms with Crippen molar-refractivity contribution in [2.45, 2.75) is 87.7 Å². The third kappa shape index (κ3) is 7.62. The Hall–Kier alpha value is -2.57. The van der Waals surface area contributed by atoms with Crippen molar-refractivity contribution in [3.63, 3.8) is 0 Å². The van der Waals surface area contributed by atoms with Gasteiger partial charge in [0.15, 0.2) is 0 Å². The molecular formula is C33H47FN5O3PS. The average molecular weight is 644 g/mol. The summed E-state index contributed by atoms with van der Waals surface area (Å²) < 4.78 is 45.8. The van der Waals surface area contributed by atoms with Gasteiger partial charge < -0.3 is 24.4 Å². The first-order valence-electron chi connectivity index (χ1n) is 15.6. The Bertz CT molecular complexity index is 1650. The number of nitrogens with one attached hydrogen (secondary N) is 1. The largest absolute Gasteiger partial charge is 0.495 e. The average Bonchev–Trinajstić information content (AvgIpc) is 3.57. The minimum absolute atomic E-state index is 0.0244. The molecule has 8 nitrogen and oxygen atoms in total. The third-order valence-electron chi connectivity index (χ3n) is 9.33. The Morgan fingerprint density at radius 1 is 1.23 bits per heavy atom. The van der Waals surface area contributed by atoms with Gasteiger partial charge in [-0.3, -0.25) is 0 Å². The number of benzene rings is 1. The minimum Gasteiger partial charge on any atom is -0.495 e. The number of primary sulfonamides is 1. The van der Waals surface area contributed by atoms with Gasteiger partial charge in [0, 0.05) is 48.0 Å². The summed E-state index contributed by atoms with van der Waals surface area (Å²) in [5, 5.41) is 9.16. The molecule has 11 heteroatoms. The van der Waals surface area contributed by atoms with Crippen molar-refractivity contribution in [1.82, 2.24) is 14.4 Å². The fourth-order valence-electron chi connectivity index (χ4n) is 7.05. The molecule has 0 bridgehead atoms. The van der Waals surface area contributed by atoms with Crippen LogP contribution in [0, 0.1) is 17.8 Å². The highest BCUT2D eigenvalue weighted by atomic mass is 32.2. The standard InChI is InChI=1S/C33H47FN5O3PS/c1-23-16-18-38(21-23)25-12-10-24(11-13-25)37(3)30-8-5-9-31-28(30)19-26(39(31)22-33(2,34)43)7-6-17-36-29-15-14-27(44(35,40)41)20-32(29)42-4/h9,14-15,19-20,23-25,36H,5,8,10-13,16-18,21-22,43H2,1-4H3,(H2,35,40,41). The van der Waals surface area contributed by atoms with Crippen LogP contribution in [0.1, 0.15) is 64.5 Å². The lowest BCUT2D eigenvalue weighted by Gasteiger charge is -2.40. The maximum absolute atomic E-state index is 15.0. The van der Waals surface area contributed by atoms with Gasteiger partial charge in [0.25, 0.3) is 0 Å². The number of methoxy groups -OCH3 is 1. The quantitative estimate of drug-likeness (QED) is 0.322. The molecule has 3 atom stereocenters. The summed E-state index contributed by atoms with van der Waals surface area (Å²) >= 11 is 0. The van der Waals surface area contributed by atoms with Crippen molar-refractivity contribution in [2.24, 2.45) is 11.1 Å². The first-order chi connectivity index (χ1) is 20.8. The third-order valence-corrected chi connectivity index (χ3v) is 10.4. The van der Waals surface area contributed by atoms with E-state index in [4.69, 9.17) is 9.88 Å². The number of sulfonamides is 1. The van der Waals surface area contributed by atoms with E-state index in [9.17, 15) is 8.42 Å². The van der Waals surface area contributed by atoms with E-state index in [-0.39, 0.29) is 18.0 Å². The number of hydrogen-bond acceptors (Lipinski definition) is 6. The zero-order valence-electron chi connectivity index (χ0n) is 26.4. The predicted octanol–water partition coefficient (Wildman–Crippen LogP) is 3.44. The van der Waals surface area contributed by atoms with Crippen LogP contribution in [-0.2, 0) is 16.6 Å². The number of likely N-dealkylation sites (tertiary alicyclic amines) is 1. The molecule has 1 aromatic heterocycles. The van der Waals surface area contributed by atoms with Crippen LogP contribution in [0.5, 0.6) is 5.75 Å². The summed E-state index contributed by atoms with van der Waals surface area (Å²) in [5.74, 6) is 7.62. The van der Waals surface area contributed by atoms with Gasteiger partial charge in [-0.2, -0.15) is 0 Å². The number of halogens is 1. The van der Waals surface area contributed by atoms with E-state index >= 15 is 4.39 Å². The van der Waals surface area contributed by atoms with Gasteiger partial charge in [-0.15, -0.1) is 0 Å². The molecule has 0 amide bonds. The molecular weight excluding hydrogens is 596 g/mol. The van der Waals surface area contributed by atoms with Crippen LogP contribution in [0.2, 0.25) is 0 Å². The van der Waals surface area contributed by atoms with Crippen LogP contribution < -0.4 is 25.8 Å². The second kappa shape index (κ2) is 13.4. The van der Waals surface area contributed by atoms with E-state index in [1.54, 1.807) is 13.0 Å². The monoisotopic (exact) mass is 643 g/mol. The molecule has 2 heterocycles. The summed E-state index contributed by atoms with van der Waals surface area (Å²) in [4.78, 5) is 5.20. The van der Waals surface area contributed by atoms with E-state index in [1.807, 2.05) is 4.57 Å². The highest BCUT2D eigenvalue weighted by Crippen LogP contribution is 2.32. The lowest BCUT2D eigenvalue weighted by molar-refractivity contribution is 0.144. The fourth-order valence-corrected chi connectivity index (χ4v) is 7.76. The van der Waals surface area contributed by atoms with Crippen LogP contribution in [0.15, 0.2) is 29.2 Å². The normalized spacial score (nSPS) is 23.6. The Kier molecular flexibility index (Phi) is 10.0. The van der Waals surface area contributed by atoms with Crippen molar-refractivity contribution < 1.29 is 17.5 Å². The Morgan fingerprint density at radius 2 is 1.98 bits per heavy atom. The van der Waals surface area contributed by atoms with Crippen LogP contribution in [-0.4, -0.2) is 74.1 Å². The smallest absolute Gasteiger partial charge is 0.238 e.